The molecule has 8 heteroatoms. The van der Waals surface area contributed by atoms with Crippen LogP contribution in [0.15, 0.2) is 24.3 Å². The molecule has 2 aromatic rings. The molecule has 2 heterocycles. The van der Waals surface area contributed by atoms with Crippen LogP contribution >= 0.6 is 0 Å². The lowest BCUT2D eigenvalue weighted by molar-refractivity contribution is -0.121. The van der Waals surface area contributed by atoms with Gasteiger partial charge >= 0.3 is 5.97 Å². The van der Waals surface area contributed by atoms with Gasteiger partial charge in [-0.1, -0.05) is 12.1 Å². The lowest BCUT2D eigenvalue weighted by Gasteiger charge is -2.31. The standard InChI is InChI=1S/C21H25N3O5/c1-12-17(21(28)29-3)13(2)22-18(12)20(27)24-10-8-14(9-11-24)19(26)23-15-6-4-5-7-16(15)25/h4-7,14,22,25H,8-11H2,1-3H3,(H,23,26). The van der Waals surface area contributed by atoms with Crippen molar-refractivity contribution in [1.29, 1.82) is 0 Å². The van der Waals surface area contributed by atoms with Crippen molar-refractivity contribution >= 4 is 23.5 Å². The highest BCUT2D eigenvalue weighted by Crippen LogP contribution is 2.26. The Bertz CT molecular complexity index is 942. The van der Waals surface area contributed by atoms with Crippen LogP contribution in [-0.2, 0) is 9.53 Å². The van der Waals surface area contributed by atoms with Crippen LogP contribution in [0, 0.1) is 19.8 Å². The Morgan fingerprint density at radius 1 is 1.17 bits per heavy atom. The topological polar surface area (TPSA) is 112 Å². The number of aromatic nitrogens is 1. The predicted octanol–water partition coefficient (Wildman–Crippen LogP) is 2.61. The average Bonchev–Trinajstić information content (AvgIpc) is 3.02. The molecule has 0 atom stereocenters. The van der Waals surface area contributed by atoms with Gasteiger partial charge in [0.05, 0.1) is 18.4 Å². The van der Waals surface area contributed by atoms with Crippen LogP contribution in [0.4, 0.5) is 5.69 Å². The molecule has 0 bridgehead atoms. The highest BCUT2D eigenvalue weighted by molar-refractivity contribution is 6.00. The molecule has 0 spiro atoms. The number of carbonyl (C=O) groups excluding carboxylic acids is 3. The van der Waals surface area contributed by atoms with Crippen molar-refractivity contribution in [1.82, 2.24) is 9.88 Å². The number of esters is 1. The number of amides is 2. The van der Waals surface area contributed by atoms with Gasteiger partial charge in [0.15, 0.2) is 0 Å². The van der Waals surface area contributed by atoms with Crippen molar-refractivity contribution < 1.29 is 24.2 Å². The van der Waals surface area contributed by atoms with Crippen molar-refractivity contribution in [3.63, 3.8) is 0 Å². The number of rotatable bonds is 4. The first kappa shape index (κ1) is 20.4. The van der Waals surface area contributed by atoms with Gasteiger partial charge in [0.2, 0.25) is 5.91 Å². The molecule has 2 amide bonds. The summed E-state index contributed by atoms with van der Waals surface area (Å²) in [6.45, 7) is 4.31. The first-order chi connectivity index (χ1) is 13.8. The van der Waals surface area contributed by atoms with E-state index in [2.05, 4.69) is 10.3 Å². The number of methoxy groups -OCH3 is 1. The first-order valence-corrected chi connectivity index (χ1v) is 9.49. The number of piperidine rings is 1. The summed E-state index contributed by atoms with van der Waals surface area (Å²) in [4.78, 5) is 42.0. The maximum atomic E-state index is 12.9. The van der Waals surface area contributed by atoms with Gasteiger partial charge in [-0.3, -0.25) is 9.59 Å². The average molecular weight is 399 g/mol. The maximum Gasteiger partial charge on any atom is 0.339 e. The van der Waals surface area contributed by atoms with Crippen LogP contribution in [0.3, 0.4) is 0 Å². The van der Waals surface area contributed by atoms with Gasteiger partial charge in [-0.05, 0) is 44.4 Å². The Morgan fingerprint density at radius 3 is 2.45 bits per heavy atom. The SMILES string of the molecule is COC(=O)c1c(C)[nH]c(C(=O)N2CCC(C(=O)Nc3ccccc3O)CC2)c1C. The van der Waals surface area contributed by atoms with Crippen molar-refractivity contribution in [3.8, 4) is 5.75 Å². The monoisotopic (exact) mass is 399 g/mol. The Labute approximate surface area is 168 Å². The van der Waals surface area contributed by atoms with Gasteiger partial charge in [-0.15, -0.1) is 0 Å². The van der Waals surface area contributed by atoms with Crippen LogP contribution in [0.1, 0.15) is 44.9 Å². The van der Waals surface area contributed by atoms with E-state index in [1.807, 2.05) is 0 Å². The van der Waals surface area contributed by atoms with E-state index in [0.29, 0.717) is 54.1 Å². The maximum absolute atomic E-state index is 12.9. The second-order valence-electron chi connectivity index (χ2n) is 7.19. The molecule has 29 heavy (non-hydrogen) atoms. The molecule has 154 valence electrons. The molecule has 3 N–H and O–H groups in total. The number of carbonyl (C=O) groups is 3. The van der Waals surface area contributed by atoms with Gasteiger partial charge in [0, 0.05) is 24.7 Å². The van der Waals surface area contributed by atoms with E-state index in [0.717, 1.165) is 0 Å². The molecule has 0 unspecified atom stereocenters. The fraction of sp³-hybridized carbons (Fsp3) is 0.381. The molecule has 1 aliphatic rings. The highest BCUT2D eigenvalue weighted by Gasteiger charge is 2.31. The van der Waals surface area contributed by atoms with Crippen LogP contribution in [0.2, 0.25) is 0 Å². The number of H-pyrrole nitrogens is 1. The van der Waals surface area contributed by atoms with Crippen molar-refractivity contribution in [2.24, 2.45) is 5.92 Å². The van der Waals surface area contributed by atoms with E-state index in [4.69, 9.17) is 4.74 Å². The number of aromatic hydroxyl groups is 1. The van der Waals surface area contributed by atoms with Crippen LogP contribution < -0.4 is 5.32 Å². The molecule has 1 aromatic heterocycles. The number of phenols is 1. The lowest BCUT2D eigenvalue weighted by atomic mass is 9.95. The minimum Gasteiger partial charge on any atom is -0.506 e. The van der Waals surface area contributed by atoms with Crippen molar-refractivity contribution in [2.75, 3.05) is 25.5 Å². The summed E-state index contributed by atoms with van der Waals surface area (Å²) in [5, 5.41) is 12.5. The minimum absolute atomic E-state index is 0.0208. The van der Waals surface area contributed by atoms with Crippen LogP contribution in [0.5, 0.6) is 5.75 Å². The molecular weight excluding hydrogens is 374 g/mol. The number of hydrogen-bond donors (Lipinski definition) is 3. The highest BCUT2D eigenvalue weighted by atomic mass is 16.5. The van der Waals surface area contributed by atoms with Crippen molar-refractivity contribution in [2.45, 2.75) is 26.7 Å². The van der Waals surface area contributed by atoms with E-state index in [1.165, 1.54) is 13.2 Å². The zero-order valence-corrected chi connectivity index (χ0v) is 16.7. The number of ether oxygens (including phenoxy) is 1. The molecule has 8 nitrogen and oxygen atoms in total. The Morgan fingerprint density at radius 2 is 1.83 bits per heavy atom. The lowest BCUT2D eigenvalue weighted by Crippen LogP contribution is -2.41. The zero-order chi connectivity index (χ0) is 21.1. The first-order valence-electron chi connectivity index (χ1n) is 9.49. The van der Waals surface area contributed by atoms with Gasteiger partial charge < -0.3 is 25.0 Å². The number of aryl methyl sites for hydroxylation is 1. The third-order valence-corrected chi connectivity index (χ3v) is 5.36. The summed E-state index contributed by atoms with van der Waals surface area (Å²) in [5.41, 5.74) is 2.30. The molecule has 0 radical (unpaired) electrons. The molecule has 1 saturated heterocycles. The van der Waals surface area contributed by atoms with E-state index in [9.17, 15) is 19.5 Å². The van der Waals surface area contributed by atoms with E-state index < -0.39 is 5.97 Å². The van der Waals surface area contributed by atoms with Crippen LogP contribution in [-0.4, -0.2) is 53.0 Å². The molecule has 0 saturated carbocycles. The Kier molecular flexibility index (Phi) is 5.91. The van der Waals surface area contributed by atoms with Gasteiger partial charge in [0.1, 0.15) is 11.4 Å². The van der Waals surface area contributed by atoms with E-state index in [-0.39, 0.29) is 23.5 Å². The van der Waals surface area contributed by atoms with Crippen LogP contribution in [0.25, 0.3) is 0 Å². The Balaban J connectivity index is 1.63. The van der Waals surface area contributed by atoms with Gasteiger partial charge in [-0.2, -0.15) is 0 Å². The fourth-order valence-electron chi connectivity index (χ4n) is 3.69. The third kappa shape index (κ3) is 4.11. The van der Waals surface area contributed by atoms with E-state index in [1.54, 1.807) is 36.9 Å². The van der Waals surface area contributed by atoms with E-state index >= 15 is 0 Å². The summed E-state index contributed by atoms with van der Waals surface area (Å²) in [7, 11) is 1.31. The largest absolute Gasteiger partial charge is 0.506 e. The third-order valence-electron chi connectivity index (χ3n) is 5.36. The second kappa shape index (κ2) is 8.38. The normalized spacial score (nSPS) is 14.5. The molecule has 3 rings (SSSR count). The molecule has 1 fully saturated rings. The number of nitrogens with one attached hydrogen (secondary N) is 2. The van der Waals surface area contributed by atoms with Gasteiger partial charge in [-0.25, -0.2) is 4.79 Å². The number of hydrogen-bond acceptors (Lipinski definition) is 5. The number of benzene rings is 1. The molecule has 1 aromatic carbocycles. The molecule has 1 aliphatic heterocycles. The summed E-state index contributed by atoms with van der Waals surface area (Å²) >= 11 is 0. The second-order valence-corrected chi connectivity index (χ2v) is 7.19. The number of anilines is 1. The fourth-order valence-corrected chi connectivity index (χ4v) is 3.69. The summed E-state index contributed by atoms with van der Waals surface area (Å²) in [6, 6.07) is 6.58. The minimum atomic E-state index is -0.477. The molecular formula is C21H25N3O5. The smallest absolute Gasteiger partial charge is 0.339 e. The summed E-state index contributed by atoms with van der Waals surface area (Å²) < 4.78 is 4.79. The van der Waals surface area contributed by atoms with Crippen molar-refractivity contribution in [3.05, 3.63) is 46.8 Å². The number of aromatic amines is 1. The quantitative estimate of drug-likeness (QED) is 0.540. The Hall–Kier alpha value is -3.29. The number of phenolic OH excluding ortho intramolecular Hbond substituents is 1. The number of likely N-dealkylation sites (tertiary alicyclic amines) is 1. The number of nitrogens with zero attached hydrogens (tertiary/aromatic N) is 1. The van der Waals surface area contributed by atoms with Gasteiger partial charge in [0.25, 0.3) is 5.91 Å². The number of para-hydroxylation sites is 2. The molecule has 0 aliphatic carbocycles. The predicted molar refractivity (Wildman–Crippen MR) is 107 cm³/mol. The summed E-state index contributed by atoms with van der Waals surface area (Å²) in [6.07, 6.45) is 1.04. The zero-order valence-electron chi connectivity index (χ0n) is 16.7. The summed E-state index contributed by atoms with van der Waals surface area (Å²) in [5.74, 6) is -1.06.